The molecule has 1 aliphatic heterocycles. The summed E-state index contributed by atoms with van der Waals surface area (Å²) in [6, 6.07) is 0. The maximum atomic E-state index is 11.8. The summed E-state index contributed by atoms with van der Waals surface area (Å²) in [5.41, 5.74) is 0. The molecule has 0 saturated carbocycles. The molecule has 8 heteroatoms. The Hall–Kier alpha value is -1.28. The van der Waals surface area contributed by atoms with Crippen LogP contribution in [0.1, 0.15) is 6.42 Å². The van der Waals surface area contributed by atoms with E-state index in [9.17, 15) is 14.9 Å². The van der Waals surface area contributed by atoms with Gasteiger partial charge in [-0.05, 0) is 27.3 Å². The topological polar surface area (TPSA) is 87.3 Å². The third kappa shape index (κ3) is 2.70. The highest BCUT2D eigenvalue weighted by atomic mass is 79.9. The summed E-state index contributed by atoms with van der Waals surface area (Å²) in [5, 5.41) is 14.3. The molecule has 1 aromatic heterocycles. The van der Waals surface area contributed by atoms with Gasteiger partial charge in [0.25, 0.3) is 0 Å². The van der Waals surface area contributed by atoms with Crippen LogP contribution < -0.4 is 0 Å². The van der Waals surface area contributed by atoms with Crippen molar-refractivity contribution in [1.29, 1.82) is 0 Å². The Kier molecular flexibility index (Phi) is 3.53. The molecule has 0 N–H and O–H groups in total. The molecule has 2 heterocycles. The summed E-state index contributed by atoms with van der Waals surface area (Å²) in [6.07, 6.45) is 2.15. The van der Waals surface area contributed by atoms with Crippen molar-refractivity contribution in [3.05, 3.63) is 20.8 Å². The number of Topliss-reactive ketones (excluding diaryl/α,β-unsaturated/α-hetero) is 1. The van der Waals surface area contributed by atoms with E-state index in [1.165, 1.54) is 10.9 Å². The smallest absolute Gasteiger partial charge is 0.381 e. The molecular weight excluding hydrogens is 294 g/mol. The number of ketones is 1. The molecule has 0 amide bonds. The van der Waals surface area contributed by atoms with E-state index < -0.39 is 4.92 Å². The van der Waals surface area contributed by atoms with Gasteiger partial charge >= 0.3 is 5.82 Å². The maximum absolute atomic E-state index is 11.8. The summed E-state index contributed by atoms with van der Waals surface area (Å²) in [4.78, 5) is 21.8. The predicted molar refractivity (Wildman–Crippen MR) is 60.5 cm³/mol. The minimum Gasteiger partial charge on any atom is -0.381 e. The van der Waals surface area contributed by atoms with Crippen LogP contribution in [0, 0.1) is 16.0 Å². The first-order chi connectivity index (χ1) is 8.08. The molecule has 1 fully saturated rings. The first-order valence-electron chi connectivity index (χ1n) is 5.05. The standard InChI is InChI=1S/C9H10BrN3O4/c10-7-3-12(11-9(7)13(15)16)4-8(14)6-1-2-17-5-6/h3,6H,1-2,4-5H2. The third-order valence-electron chi connectivity index (χ3n) is 2.57. The number of aromatic nitrogens is 2. The predicted octanol–water partition coefficient (Wildman–Crippen LogP) is 1.16. The fourth-order valence-electron chi connectivity index (χ4n) is 1.67. The van der Waals surface area contributed by atoms with Crippen molar-refractivity contribution in [3.63, 3.8) is 0 Å². The Morgan fingerprint density at radius 3 is 3.06 bits per heavy atom. The van der Waals surface area contributed by atoms with Gasteiger partial charge in [-0.15, -0.1) is 0 Å². The van der Waals surface area contributed by atoms with Crippen molar-refractivity contribution in [2.45, 2.75) is 13.0 Å². The number of halogens is 1. The van der Waals surface area contributed by atoms with E-state index in [0.29, 0.717) is 19.6 Å². The average Bonchev–Trinajstić information content (AvgIpc) is 2.86. The third-order valence-corrected chi connectivity index (χ3v) is 3.13. The molecule has 1 unspecified atom stereocenters. The van der Waals surface area contributed by atoms with Crippen molar-refractivity contribution < 1.29 is 14.5 Å². The SMILES string of the molecule is O=C(Cn1cc(Br)c([N+](=O)[O-])n1)C1CCOC1. The zero-order valence-electron chi connectivity index (χ0n) is 8.84. The summed E-state index contributed by atoms with van der Waals surface area (Å²) >= 11 is 3.03. The zero-order valence-corrected chi connectivity index (χ0v) is 10.4. The number of ether oxygens (including phenoxy) is 1. The highest BCUT2D eigenvalue weighted by molar-refractivity contribution is 9.10. The molecule has 1 atom stereocenters. The van der Waals surface area contributed by atoms with Crippen LogP contribution in [0.15, 0.2) is 10.7 Å². The highest BCUT2D eigenvalue weighted by Crippen LogP contribution is 2.22. The molecule has 0 spiro atoms. The summed E-state index contributed by atoms with van der Waals surface area (Å²) in [6.45, 7) is 1.07. The first-order valence-corrected chi connectivity index (χ1v) is 5.85. The van der Waals surface area contributed by atoms with Crippen LogP contribution in [0.3, 0.4) is 0 Å². The van der Waals surface area contributed by atoms with Crippen LogP contribution in [0.4, 0.5) is 5.82 Å². The Labute approximate surface area is 105 Å². The van der Waals surface area contributed by atoms with Crippen LogP contribution >= 0.6 is 15.9 Å². The van der Waals surface area contributed by atoms with Gasteiger partial charge in [-0.25, -0.2) is 0 Å². The van der Waals surface area contributed by atoms with E-state index in [-0.39, 0.29) is 28.5 Å². The van der Waals surface area contributed by atoms with E-state index in [1.54, 1.807) is 0 Å². The van der Waals surface area contributed by atoms with Gasteiger partial charge in [-0.2, -0.15) is 4.68 Å². The Bertz CT molecular complexity index is 453. The molecule has 0 aliphatic carbocycles. The largest absolute Gasteiger partial charge is 0.404 e. The van der Waals surface area contributed by atoms with Crippen molar-refractivity contribution in [2.24, 2.45) is 5.92 Å². The summed E-state index contributed by atoms with van der Waals surface area (Å²) in [5.74, 6) is -0.398. The number of carbonyl (C=O) groups excluding carboxylic acids is 1. The van der Waals surface area contributed by atoms with Crippen molar-refractivity contribution in [2.75, 3.05) is 13.2 Å². The van der Waals surface area contributed by atoms with Crippen LogP contribution in [-0.4, -0.2) is 33.7 Å². The van der Waals surface area contributed by atoms with E-state index in [0.717, 1.165) is 0 Å². The normalized spacial score (nSPS) is 19.5. The van der Waals surface area contributed by atoms with Gasteiger partial charge in [0.2, 0.25) is 0 Å². The van der Waals surface area contributed by atoms with Crippen LogP contribution in [0.2, 0.25) is 0 Å². The van der Waals surface area contributed by atoms with Crippen molar-refractivity contribution >= 4 is 27.5 Å². The quantitative estimate of drug-likeness (QED) is 0.615. The lowest BCUT2D eigenvalue weighted by Gasteiger charge is -2.03. The van der Waals surface area contributed by atoms with Gasteiger partial charge in [0.05, 0.1) is 17.9 Å². The number of hydrogen-bond acceptors (Lipinski definition) is 5. The number of nitro groups is 1. The van der Waals surface area contributed by atoms with E-state index >= 15 is 0 Å². The first kappa shape index (κ1) is 12.2. The second kappa shape index (κ2) is 4.92. The maximum Gasteiger partial charge on any atom is 0.404 e. The monoisotopic (exact) mass is 303 g/mol. The molecular formula is C9H10BrN3O4. The van der Waals surface area contributed by atoms with Gasteiger partial charge in [-0.1, -0.05) is 0 Å². The molecule has 0 radical (unpaired) electrons. The molecule has 1 aliphatic rings. The average molecular weight is 304 g/mol. The van der Waals surface area contributed by atoms with Gasteiger partial charge < -0.3 is 14.9 Å². The Morgan fingerprint density at radius 1 is 1.76 bits per heavy atom. The van der Waals surface area contributed by atoms with Crippen LogP contribution in [-0.2, 0) is 16.1 Å². The number of carbonyl (C=O) groups is 1. The number of hydrogen-bond donors (Lipinski definition) is 0. The number of rotatable bonds is 4. The van der Waals surface area contributed by atoms with Crippen LogP contribution in [0.25, 0.3) is 0 Å². The van der Waals surface area contributed by atoms with Gasteiger partial charge in [-0.3, -0.25) is 4.79 Å². The Balaban J connectivity index is 2.05. The molecule has 7 nitrogen and oxygen atoms in total. The van der Waals surface area contributed by atoms with Gasteiger partial charge in [0.1, 0.15) is 11.0 Å². The molecule has 2 rings (SSSR count). The lowest BCUT2D eigenvalue weighted by molar-refractivity contribution is -0.390. The lowest BCUT2D eigenvalue weighted by atomic mass is 10.0. The number of nitrogens with zero attached hydrogens (tertiary/aromatic N) is 3. The summed E-state index contributed by atoms with van der Waals surface area (Å²) in [7, 11) is 0. The van der Waals surface area contributed by atoms with Crippen LogP contribution in [0.5, 0.6) is 0 Å². The van der Waals surface area contributed by atoms with E-state index in [4.69, 9.17) is 4.74 Å². The second-order valence-electron chi connectivity index (χ2n) is 3.78. The minimum atomic E-state index is -0.594. The van der Waals surface area contributed by atoms with E-state index in [2.05, 4.69) is 21.0 Å². The van der Waals surface area contributed by atoms with Gasteiger partial charge in [0.15, 0.2) is 5.78 Å². The molecule has 17 heavy (non-hydrogen) atoms. The zero-order chi connectivity index (χ0) is 12.4. The highest BCUT2D eigenvalue weighted by Gasteiger charge is 2.26. The van der Waals surface area contributed by atoms with Crippen molar-refractivity contribution in [1.82, 2.24) is 9.78 Å². The molecule has 0 bridgehead atoms. The molecule has 92 valence electrons. The lowest BCUT2D eigenvalue weighted by Crippen LogP contribution is -2.20. The second-order valence-corrected chi connectivity index (χ2v) is 4.64. The molecule has 1 saturated heterocycles. The van der Waals surface area contributed by atoms with Gasteiger partial charge in [0, 0.05) is 12.5 Å². The van der Waals surface area contributed by atoms with E-state index in [1.807, 2.05) is 0 Å². The molecule has 1 aromatic rings. The fraction of sp³-hybridized carbons (Fsp3) is 0.556. The minimum absolute atomic E-state index is 0.00704. The van der Waals surface area contributed by atoms with Crippen molar-refractivity contribution in [3.8, 4) is 0 Å². The fourth-order valence-corrected chi connectivity index (χ4v) is 2.13. The summed E-state index contributed by atoms with van der Waals surface area (Å²) < 4.78 is 6.67. The molecule has 0 aromatic carbocycles. The Morgan fingerprint density at radius 2 is 2.53 bits per heavy atom.